The van der Waals surface area contributed by atoms with E-state index >= 15 is 0 Å². The maximum Gasteiger partial charge on any atom is 0.402 e. The Labute approximate surface area is 101 Å². The summed E-state index contributed by atoms with van der Waals surface area (Å²) in [6.07, 6.45) is -2.18. The molecule has 2 N–H and O–H groups in total. The highest BCUT2D eigenvalue weighted by Crippen LogP contribution is 2.14. The lowest BCUT2D eigenvalue weighted by atomic mass is 10.5. The largest absolute Gasteiger partial charge is 0.402 e. The molecule has 10 heteroatoms. The summed E-state index contributed by atoms with van der Waals surface area (Å²) in [7, 11) is -4.21. The Kier molecular flexibility index (Phi) is 4.71. The Morgan fingerprint density at radius 1 is 1.44 bits per heavy atom. The van der Waals surface area contributed by atoms with Gasteiger partial charge in [0.2, 0.25) is 10.0 Å². The van der Waals surface area contributed by atoms with Crippen molar-refractivity contribution in [2.75, 3.05) is 13.2 Å². The first-order valence-corrected chi connectivity index (χ1v) is 6.43. The molecule has 0 fully saturated rings. The van der Waals surface area contributed by atoms with Gasteiger partial charge in [-0.2, -0.15) is 18.3 Å². The molecular formula is C8H12F3N3O3S. The molecule has 0 atom stereocenters. The number of hydrogen-bond acceptors (Lipinski definition) is 4. The van der Waals surface area contributed by atoms with E-state index in [9.17, 15) is 21.6 Å². The molecule has 0 aromatic carbocycles. The first kappa shape index (κ1) is 14.9. The Hall–Kier alpha value is -1.13. The molecule has 1 aromatic rings. The van der Waals surface area contributed by atoms with Crippen molar-refractivity contribution >= 4 is 10.0 Å². The Bertz CT molecular complexity index is 483. The normalized spacial score (nSPS) is 12.9. The van der Waals surface area contributed by atoms with Crippen molar-refractivity contribution in [3.05, 3.63) is 12.4 Å². The molecule has 1 rings (SSSR count). The number of hydrogen-bond donors (Lipinski definition) is 2. The predicted octanol–water partition coefficient (Wildman–Crippen LogP) is 0.106. The zero-order chi connectivity index (χ0) is 13.8. The van der Waals surface area contributed by atoms with Crippen molar-refractivity contribution in [2.45, 2.75) is 24.0 Å². The summed E-state index contributed by atoms with van der Waals surface area (Å²) >= 11 is 0. The van der Waals surface area contributed by atoms with Gasteiger partial charge in [0, 0.05) is 19.3 Å². The van der Waals surface area contributed by atoms with E-state index < -0.39 is 22.7 Å². The summed E-state index contributed by atoms with van der Waals surface area (Å²) in [5, 5.41) is 12.2. The molecule has 1 heterocycles. The highest BCUT2D eigenvalue weighted by molar-refractivity contribution is 7.89. The fourth-order valence-corrected chi connectivity index (χ4v) is 2.07. The molecule has 0 saturated heterocycles. The lowest BCUT2D eigenvalue weighted by Gasteiger charge is -2.07. The van der Waals surface area contributed by atoms with Crippen molar-refractivity contribution in [2.24, 2.45) is 0 Å². The van der Waals surface area contributed by atoms with Crippen LogP contribution in [0.15, 0.2) is 17.3 Å². The average molecular weight is 287 g/mol. The molecule has 0 bridgehead atoms. The summed E-state index contributed by atoms with van der Waals surface area (Å²) in [5.74, 6) is 0. The average Bonchev–Trinajstić information content (AvgIpc) is 2.72. The minimum Gasteiger partial charge on any atom is -0.396 e. The van der Waals surface area contributed by atoms with E-state index in [-0.39, 0.29) is 18.0 Å². The SMILES string of the molecule is O=S(=O)(NCC(F)(F)F)c1cnn(CCCO)c1. The van der Waals surface area contributed by atoms with Crippen LogP contribution in [0.2, 0.25) is 0 Å². The monoisotopic (exact) mass is 287 g/mol. The topological polar surface area (TPSA) is 84.2 Å². The van der Waals surface area contributed by atoms with Crippen LogP contribution in [0.25, 0.3) is 0 Å². The molecule has 1 aromatic heterocycles. The summed E-state index contributed by atoms with van der Waals surface area (Å²) in [4.78, 5) is -0.343. The van der Waals surface area contributed by atoms with Gasteiger partial charge in [-0.1, -0.05) is 0 Å². The molecule has 0 radical (unpaired) electrons. The molecule has 104 valence electrons. The molecule has 0 aliphatic heterocycles. The van der Waals surface area contributed by atoms with E-state index in [0.717, 1.165) is 12.4 Å². The van der Waals surface area contributed by atoms with Crippen LogP contribution in [0.4, 0.5) is 13.2 Å². The first-order valence-electron chi connectivity index (χ1n) is 4.94. The van der Waals surface area contributed by atoms with Gasteiger partial charge in [-0.3, -0.25) is 4.68 Å². The summed E-state index contributed by atoms with van der Waals surface area (Å²) < 4.78 is 61.3. The third-order valence-electron chi connectivity index (χ3n) is 1.93. The summed E-state index contributed by atoms with van der Waals surface area (Å²) in [5.41, 5.74) is 0. The minimum atomic E-state index is -4.61. The zero-order valence-corrected chi connectivity index (χ0v) is 10.00. The molecule has 0 saturated carbocycles. The molecule has 6 nitrogen and oxygen atoms in total. The highest BCUT2D eigenvalue weighted by Gasteiger charge is 2.30. The second-order valence-corrected chi connectivity index (χ2v) is 5.22. The van der Waals surface area contributed by atoms with Crippen LogP contribution in [0.3, 0.4) is 0 Å². The number of aliphatic hydroxyl groups excluding tert-OH is 1. The Morgan fingerprint density at radius 3 is 2.67 bits per heavy atom. The van der Waals surface area contributed by atoms with Crippen molar-refractivity contribution in [3.63, 3.8) is 0 Å². The molecule has 18 heavy (non-hydrogen) atoms. The van der Waals surface area contributed by atoms with Crippen LogP contribution in [0, 0.1) is 0 Å². The van der Waals surface area contributed by atoms with Gasteiger partial charge in [-0.15, -0.1) is 0 Å². The summed E-state index contributed by atoms with van der Waals surface area (Å²) in [6, 6.07) is 0. The van der Waals surface area contributed by atoms with Crippen LogP contribution in [0.5, 0.6) is 0 Å². The number of rotatable bonds is 6. The maximum absolute atomic E-state index is 11.9. The summed E-state index contributed by atoms with van der Waals surface area (Å²) in [6.45, 7) is -1.43. The number of nitrogens with zero attached hydrogens (tertiary/aromatic N) is 2. The molecule has 0 aliphatic rings. The standard InChI is InChI=1S/C8H12F3N3O3S/c9-8(10,11)6-13-18(16,17)7-4-12-14(5-7)2-1-3-15/h4-5,13,15H,1-3,6H2. The maximum atomic E-state index is 11.9. The third-order valence-corrected chi connectivity index (χ3v) is 3.28. The van der Waals surface area contributed by atoms with Crippen LogP contribution in [-0.2, 0) is 16.6 Å². The van der Waals surface area contributed by atoms with Gasteiger partial charge in [-0.25, -0.2) is 13.1 Å². The van der Waals surface area contributed by atoms with Gasteiger partial charge in [0.1, 0.15) is 11.4 Å². The van der Waals surface area contributed by atoms with Crippen molar-refractivity contribution < 1.29 is 26.7 Å². The number of aryl methyl sites for hydroxylation is 1. The molecular weight excluding hydrogens is 275 g/mol. The van der Waals surface area contributed by atoms with Crippen molar-refractivity contribution in [1.82, 2.24) is 14.5 Å². The molecule has 0 aliphatic carbocycles. The lowest BCUT2D eigenvalue weighted by molar-refractivity contribution is -0.121. The van der Waals surface area contributed by atoms with Gasteiger partial charge in [0.15, 0.2) is 0 Å². The van der Waals surface area contributed by atoms with E-state index in [1.54, 1.807) is 0 Å². The van der Waals surface area contributed by atoms with Gasteiger partial charge in [0.25, 0.3) is 0 Å². The van der Waals surface area contributed by atoms with Gasteiger partial charge in [0.05, 0.1) is 6.20 Å². The van der Waals surface area contributed by atoms with E-state index in [0.29, 0.717) is 6.42 Å². The first-order chi connectivity index (χ1) is 8.24. The number of nitrogens with one attached hydrogen (secondary N) is 1. The minimum absolute atomic E-state index is 0.0890. The molecule has 0 unspecified atom stereocenters. The zero-order valence-electron chi connectivity index (χ0n) is 9.18. The lowest BCUT2D eigenvalue weighted by Crippen LogP contribution is -2.33. The Morgan fingerprint density at radius 2 is 2.11 bits per heavy atom. The highest BCUT2D eigenvalue weighted by atomic mass is 32.2. The van der Waals surface area contributed by atoms with Gasteiger partial charge >= 0.3 is 6.18 Å². The van der Waals surface area contributed by atoms with Crippen LogP contribution >= 0.6 is 0 Å². The van der Waals surface area contributed by atoms with Crippen LogP contribution in [-0.4, -0.2) is 42.6 Å². The third kappa shape index (κ3) is 4.63. The second-order valence-electron chi connectivity index (χ2n) is 3.46. The number of alkyl halides is 3. The van der Waals surface area contributed by atoms with Crippen LogP contribution in [0.1, 0.15) is 6.42 Å². The van der Waals surface area contributed by atoms with E-state index in [1.807, 2.05) is 0 Å². The fraction of sp³-hybridized carbons (Fsp3) is 0.625. The smallest absolute Gasteiger partial charge is 0.396 e. The fourth-order valence-electron chi connectivity index (χ4n) is 1.10. The Balaban J connectivity index is 2.70. The van der Waals surface area contributed by atoms with Gasteiger partial charge in [-0.05, 0) is 6.42 Å². The number of aromatic nitrogens is 2. The van der Waals surface area contributed by atoms with E-state index in [2.05, 4.69) is 5.10 Å². The van der Waals surface area contributed by atoms with Crippen molar-refractivity contribution in [3.8, 4) is 0 Å². The quantitative estimate of drug-likeness (QED) is 0.777. The second kappa shape index (κ2) is 5.67. The number of aliphatic hydroxyl groups is 1. The van der Waals surface area contributed by atoms with E-state index in [4.69, 9.17) is 5.11 Å². The van der Waals surface area contributed by atoms with Gasteiger partial charge < -0.3 is 5.11 Å². The molecule has 0 spiro atoms. The number of halogens is 3. The van der Waals surface area contributed by atoms with E-state index in [1.165, 1.54) is 9.40 Å². The van der Waals surface area contributed by atoms with Crippen molar-refractivity contribution in [1.29, 1.82) is 0 Å². The molecule has 0 amide bonds. The predicted molar refractivity (Wildman–Crippen MR) is 55.2 cm³/mol. The number of sulfonamides is 1. The van der Waals surface area contributed by atoms with Crippen LogP contribution < -0.4 is 4.72 Å².